The largest absolute Gasteiger partial charge is 0.494 e. The van der Waals surface area contributed by atoms with Crippen LogP contribution < -0.4 is 23.7 Å². The Kier molecular flexibility index (Phi) is 10.8. The van der Waals surface area contributed by atoms with Gasteiger partial charge in [0.1, 0.15) is 17.2 Å². The smallest absolute Gasteiger partial charge is 0.343 e. The van der Waals surface area contributed by atoms with Crippen LogP contribution in [-0.4, -0.2) is 32.8 Å². The first-order chi connectivity index (χ1) is 18.0. The van der Waals surface area contributed by atoms with Crippen molar-refractivity contribution in [1.82, 2.24) is 0 Å². The number of hydrogen-bond acceptors (Lipinski definition) is 7. The van der Waals surface area contributed by atoms with Gasteiger partial charge < -0.3 is 23.7 Å². The summed E-state index contributed by atoms with van der Waals surface area (Å²) in [5.74, 6) is 1.27. The summed E-state index contributed by atoms with van der Waals surface area (Å²) in [5.41, 5.74) is 0.725. The molecule has 196 valence electrons. The summed E-state index contributed by atoms with van der Waals surface area (Å²) in [6, 6.07) is 17.9. The minimum Gasteiger partial charge on any atom is -0.494 e. The fourth-order valence-electron chi connectivity index (χ4n) is 3.63. The van der Waals surface area contributed by atoms with Crippen molar-refractivity contribution in [2.24, 2.45) is 0 Å². The zero-order valence-electron chi connectivity index (χ0n) is 21.7. The third-order valence-corrected chi connectivity index (χ3v) is 5.72. The summed E-state index contributed by atoms with van der Waals surface area (Å²) in [5, 5.41) is 0. The van der Waals surface area contributed by atoms with Crippen LogP contribution >= 0.6 is 0 Å². The van der Waals surface area contributed by atoms with E-state index in [1.54, 1.807) is 66.7 Å². The third-order valence-electron chi connectivity index (χ3n) is 5.72. The predicted octanol–water partition coefficient (Wildman–Crippen LogP) is 6.88. The van der Waals surface area contributed by atoms with Gasteiger partial charge in [-0.2, -0.15) is 0 Å². The molecule has 0 aromatic heterocycles. The second-order valence-corrected chi connectivity index (χ2v) is 8.46. The van der Waals surface area contributed by atoms with Gasteiger partial charge >= 0.3 is 11.9 Å². The minimum atomic E-state index is -0.551. The average Bonchev–Trinajstić information content (AvgIpc) is 2.93. The van der Waals surface area contributed by atoms with Crippen LogP contribution in [-0.2, 0) is 0 Å². The van der Waals surface area contributed by atoms with Crippen molar-refractivity contribution >= 4 is 11.9 Å². The van der Waals surface area contributed by atoms with Crippen LogP contribution in [0.4, 0.5) is 0 Å². The second-order valence-electron chi connectivity index (χ2n) is 8.46. The van der Waals surface area contributed by atoms with E-state index < -0.39 is 11.9 Å². The van der Waals surface area contributed by atoms with Crippen molar-refractivity contribution in [3.63, 3.8) is 0 Å². The molecule has 0 radical (unpaired) electrons. The van der Waals surface area contributed by atoms with E-state index in [1.165, 1.54) is 46.3 Å². The Morgan fingerprint density at radius 3 is 1.70 bits per heavy atom. The number of unbranched alkanes of at least 4 members (excludes halogenated alkanes) is 5. The van der Waals surface area contributed by atoms with E-state index in [4.69, 9.17) is 23.7 Å². The van der Waals surface area contributed by atoms with Crippen molar-refractivity contribution in [2.45, 2.75) is 45.4 Å². The van der Waals surface area contributed by atoms with Gasteiger partial charge in [-0.05, 0) is 73.2 Å². The van der Waals surface area contributed by atoms with Crippen molar-refractivity contribution in [3.8, 4) is 28.7 Å². The van der Waals surface area contributed by atoms with Crippen molar-refractivity contribution in [1.29, 1.82) is 0 Å². The Morgan fingerprint density at radius 2 is 1.11 bits per heavy atom. The topological polar surface area (TPSA) is 80.3 Å². The second kappa shape index (κ2) is 14.5. The molecule has 0 saturated carbocycles. The first-order valence-corrected chi connectivity index (χ1v) is 12.5. The number of carbonyl (C=O) groups is 2. The van der Waals surface area contributed by atoms with Gasteiger partial charge in [-0.3, -0.25) is 0 Å². The maximum Gasteiger partial charge on any atom is 0.343 e. The molecule has 0 bridgehead atoms. The summed E-state index contributed by atoms with van der Waals surface area (Å²) in [6.07, 6.45) is 7.24. The fraction of sp³-hybridized carbons (Fsp3) is 0.333. The highest BCUT2D eigenvalue weighted by Crippen LogP contribution is 2.28. The molecule has 37 heavy (non-hydrogen) atoms. The van der Waals surface area contributed by atoms with Crippen LogP contribution in [0, 0.1) is 0 Å². The monoisotopic (exact) mass is 506 g/mol. The summed E-state index contributed by atoms with van der Waals surface area (Å²) >= 11 is 0. The van der Waals surface area contributed by atoms with Crippen molar-refractivity contribution in [3.05, 3.63) is 77.9 Å². The standard InChI is InChI=1S/C30H34O7/c1-4-5-6-7-8-9-20-35-24-13-10-22(11-14-24)29(31)36-25-15-17-26(18-16-25)37-30(32)23-12-19-27(33-2)28(21-23)34-3/h10-19,21H,4-9,20H2,1-3H3. The maximum atomic E-state index is 12.5. The number of benzene rings is 3. The molecular formula is C30H34O7. The lowest BCUT2D eigenvalue weighted by Gasteiger charge is -2.10. The summed E-state index contributed by atoms with van der Waals surface area (Å²) < 4.78 is 27.0. The lowest BCUT2D eigenvalue weighted by molar-refractivity contribution is 0.0719. The van der Waals surface area contributed by atoms with Gasteiger partial charge in [0.15, 0.2) is 11.5 Å². The SMILES string of the molecule is CCCCCCCCOc1ccc(C(=O)Oc2ccc(OC(=O)c3ccc(OC)c(OC)c3)cc2)cc1. The Bertz CT molecular complexity index is 1140. The zero-order chi connectivity index (χ0) is 26.5. The van der Waals surface area contributed by atoms with Crippen molar-refractivity contribution < 1.29 is 33.3 Å². The van der Waals surface area contributed by atoms with Gasteiger partial charge in [0.05, 0.1) is 32.0 Å². The predicted molar refractivity (Wildman–Crippen MR) is 141 cm³/mol. The summed E-state index contributed by atoms with van der Waals surface area (Å²) in [6.45, 7) is 2.87. The molecule has 0 fully saturated rings. The third kappa shape index (κ3) is 8.56. The lowest BCUT2D eigenvalue weighted by atomic mass is 10.1. The number of esters is 2. The summed E-state index contributed by atoms with van der Waals surface area (Å²) in [4.78, 5) is 25.0. The van der Waals surface area contributed by atoms with E-state index in [9.17, 15) is 9.59 Å². The fourth-order valence-corrected chi connectivity index (χ4v) is 3.63. The van der Waals surface area contributed by atoms with Crippen LogP contribution in [0.2, 0.25) is 0 Å². The number of rotatable bonds is 14. The normalized spacial score (nSPS) is 10.5. The van der Waals surface area contributed by atoms with E-state index in [-0.39, 0.29) is 0 Å². The van der Waals surface area contributed by atoms with Crippen LogP contribution in [0.25, 0.3) is 0 Å². The minimum absolute atomic E-state index is 0.312. The maximum absolute atomic E-state index is 12.5. The molecule has 7 nitrogen and oxygen atoms in total. The van der Waals surface area contributed by atoms with E-state index in [1.807, 2.05) is 0 Å². The zero-order valence-corrected chi connectivity index (χ0v) is 21.7. The molecule has 0 unspecified atom stereocenters. The number of hydrogen-bond donors (Lipinski definition) is 0. The Labute approximate surface area is 218 Å². The summed E-state index contributed by atoms with van der Waals surface area (Å²) in [7, 11) is 3.01. The molecule has 0 amide bonds. The molecule has 7 heteroatoms. The Hall–Kier alpha value is -4.00. The quantitative estimate of drug-likeness (QED) is 0.134. The van der Waals surface area contributed by atoms with Crippen molar-refractivity contribution in [2.75, 3.05) is 20.8 Å². The van der Waals surface area contributed by atoms with Gasteiger partial charge in [0.2, 0.25) is 0 Å². The molecule has 3 aromatic carbocycles. The van der Waals surface area contributed by atoms with E-state index in [0.29, 0.717) is 40.7 Å². The Balaban J connectivity index is 1.47. The average molecular weight is 507 g/mol. The van der Waals surface area contributed by atoms with E-state index in [0.717, 1.165) is 12.2 Å². The van der Waals surface area contributed by atoms with Gasteiger partial charge in [0.25, 0.3) is 0 Å². The molecule has 3 aromatic rings. The molecule has 0 N–H and O–H groups in total. The van der Waals surface area contributed by atoms with Gasteiger partial charge in [-0.1, -0.05) is 39.0 Å². The lowest BCUT2D eigenvalue weighted by Crippen LogP contribution is -2.10. The number of ether oxygens (including phenoxy) is 5. The molecule has 0 aliphatic carbocycles. The van der Waals surface area contributed by atoms with Crippen LogP contribution in [0.5, 0.6) is 28.7 Å². The van der Waals surface area contributed by atoms with Crippen LogP contribution in [0.1, 0.15) is 66.2 Å². The number of carbonyl (C=O) groups excluding carboxylic acids is 2. The number of methoxy groups -OCH3 is 2. The van der Waals surface area contributed by atoms with Crippen LogP contribution in [0.15, 0.2) is 66.7 Å². The van der Waals surface area contributed by atoms with Gasteiger partial charge in [-0.15, -0.1) is 0 Å². The highest BCUT2D eigenvalue weighted by atomic mass is 16.5. The molecule has 0 aliphatic heterocycles. The first kappa shape index (κ1) is 27.6. The molecule has 0 aliphatic rings. The highest BCUT2D eigenvalue weighted by molar-refractivity contribution is 5.92. The highest BCUT2D eigenvalue weighted by Gasteiger charge is 2.14. The van der Waals surface area contributed by atoms with Gasteiger partial charge in [0, 0.05) is 0 Å². The van der Waals surface area contributed by atoms with E-state index in [2.05, 4.69) is 6.92 Å². The molecule has 0 heterocycles. The van der Waals surface area contributed by atoms with Crippen LogP contribution in [0.3, 0.4) is 0 Å². The Morgan fingerprint density at radius 1 is 0.595 bits per heavy atom. The van der Waals surface area contributed by atoms with E-state index >= 15 is 0 Å². The molecular weight excluding hydrogens is 472 g/mol. The first-order valence-electron chi connectivity index (χ1n) is 12.5. The molecule has 0 saturated heterocycles. The van der Waals surface area contributed by atoms with Gasteiger partial charge in [-0.25, -0.2) is 9.59 Å². The molecule has 0 atom stereocenters. The molecule has 0 spiro atoms. The molecule has 3 rings (SSSR count).